The summed E-state index contributed by atoms with van der Waals surface area (Å²) < 4.78 is 5.34. The molecule has 10 heavy (non-hydrogen) atoms. The van der Waals surface area contributed by atoms with Gasteiger partial charge in [0.2, 0.25) is 5.76 Å². The van der Waals surface area contributed by atoms with E-state index in [1.165, 1.54) is 0 Å². The molecule has 4 heteroatoms. The summed E-state index contributed by atoms with van der Waals surface area (Å²) in [4.78, 5) is 10.2. The highest BCUT2D eigenvalue weighted by Gasteiger charge is 2.09. The lowest BCUT2D eigenvalue weighted by Crippen LogP contribution is -1.79. The molecule has 54 valence electrons. The summed E-state index contributed by atoms with van der Waals surface area (Å²) in [6.45, 7) is 1.94. The minimum atomic E-state index is 0.261. The SMILES string of the molecule is CCc1noc(C=O)c1Br. The monoisotopic (exact) mass is 203 g/mol. The molecule has 0 saturated heterocycles. The van der Waals surface area contributed by atoms with Crippen molar-refractivity contribution in [1.29, 1.82) is 0 Å². The van der Waals surface area contributed by atoms with Crippen molar-refractivity contribution < 1.29 is 9.32 Å². The van der Waals surface area contributed by atoms with Gasteiger partial charge in [-0.15, -0.1) is 0 Å². The van der Waals surface area contributed by atoms with Gasteiger partial charge >= 0.3 is 0 Å². The van der Waals surface area contributed by atoms with Crippen LogP contribution in [0.25, 0.3) is 0 Å². The summed E-state index contributed by atoms with van der Waals surface area (Å²) in [5.41, 5.74) is 0.780. The quantitative estimate of drug-likeness (QED) is 0.690. The predicted octanol–water partition coefficient (Wildman–Crippen LogP) is 1.81. The van der Waals surface area contributed by atoms with Crippen LogP contribution in [0.2, 0.25) is 0 Å². The first kappa shape index (κ1) is 7.47. The Balaban J connectivity index is 3.08. The normalized spacial score (nSPS) is 9.80. The smallest absolute Gasteiger partial charge is 0.213 e. The Morgan fingerprint density at radius 2 is 2.50 bits per heavy atom. The lowest BCUT2D eigenvalue weighted by Gasteiger charge is -1.83. The van der Waals surface area contributed by atoms with Gasteiger partial charge in [0, 0.05) is 0 Å². The Morgan fingerprint density at radius 3 is 2.80 bits per heavy atom. The van der Waals surface area contributed by atoms with Crippen LogP contribution >= 0.6 is 15.9 Å². The highest BCUT2D eigenvalue weighted by Crippen LogP contribution is 2.19. The van der Waals surface area contributed by atoms with Crippen LogP contribution in [0.4, 0.5) is 0 Å². The van der Waals surface area contributed by atoms with E-state index in [0.717, 1.165) is 12.1 Å². The van der Waals surface area contributed by atoms with Gasteiger partial charge < -0.3 is 4.52 Å². The molecule has 1 rings (SSSR count). The number of carbonyl (C=O) groups excluding carboxylic acids is 1. The summed E-state index contributed by atoms with van der Waals surface area (Å²) >= 11 is 3.18. The molecule has 0 aliphatic rings. The molecule has 0 aliphatic heterocycles. The molecule has 0 unspecified atom stereocenters. The maximum Gasteiger partial charge on any atom is 0.213 e. The van der Waals surface area contributed by atoms with Crippen molar-refractivity contribution in [1.82, 2.24) is 5.16 Å². The van der Waals surface area contributed by atoms with Crippen molar-refractivity contribution in [3.05, 3.63) is 15.9 Å². The molecule has 0 aromatic carbocycles. The van der Waals surface area contributed by atoms with Crippen LogP contribution in [0.15, 0.2) is 9.00 Å². The molecule has 0 radical (unpaired) electrons. The van der Waals surface area contributed by atoms with Crippen molar-refractivity contribution in [3.63, 3.8) is 0 Å². The van der Waals surface area contributed by atoms with Crippen LogP contribution in [-0.2, 0) is 6.42 Å². The predicted molar refractivity (Wildman–Crippen MR) is 39.0 cm³/mol. The molecule has 0 aliphatic carbocycles. The fourth-order valence-corrected chi connectivity index (χ4v) is 1.14. The van der Waals surface area contributed by atoms with E-state index in [1.807, 2.05) is 6.92 Å². The first-order chi connectivity index (χ1) is 4.79. The number of carbonyl (C=O) groups is 1. The van der Waals surface area contributed by atoms with Crippen molar-refractivity contribution in [2.24, 2.45) is 0 Å². The van der Waals surface area contributed by atoms with Crippen LogP contribution in [0, 0.1) is 0 Å². The molecule has 3 nitrogen and oxygen atoms in total. The van der Waals surface area contributed by atoms with Gasteiger partial charge in [-0.3, -0.25) is 4.79 Å². The molecule has 0 bridgehead atoms. The second-order valence-corrected chi connectivity index (χ2v) is 2.57. The summed E-state index contributed by atoms with van der Waals surface area (Å²) in [6, 6.07) is 0. The maximum absolute atomic E-state index is 10.2. The van der Waals surface area contributed by atoms with E-state index in [9.17, 15) is 4.79 Å². The van der Waals surface area contributed by atoms with Crippen molar-refractivity contribution in [2.75, 3.05) is 0 Å². The van der Waals surface area contributed by atoms with E-state index >= 15 is 0 Å². The largest absolute Gasteiger partial charge is 0.352 e. The van der Waals surface area contributed by atoms with Crippen LogP contribution in [0.1, 0.15) is 23.2 Å². The van der Waals surface area contributed by atoms with Gasteiger partial charge in [0.05, 0.1) is 10.2 Å². The second-order valence-electron chi connectivity index (χ2n) is 1.78. The first-order valence-corrected chi connectivity index (χ1v) is 3.68. The zero-order chi connectivity index (χ0) is 7.56. The third-order valence-corrected chi connectivity index (χ3v) is 2.01. The maximum atomic E-state index is 10.2. The van der Waals surface area contributed by atoms with Crippen molar-refractivity contribution in [3.8, 4) is 0 Å². The van der Waals surface area contributed by atoms with Crippen LogP contribution < -0.4 is 0 Å². The Bertz CT molecular complexity index is 244. The zero-order valence-corrected chi connectivity index (χ0v) is 7.01. The third kappa shape index (κ3) is 1.11. The van der Waals surface area contributed by atoms with E-state index in [-0.39, 0.29) is 5.76 Å². The minimum Gasteiger partial charge on any atom is -0.352 e. The van der Waals surface area contributed by atoms with E-state index in [4.69, 9.17) is 0 Å². The first-order valence-electron chi connectivity index (χ1n) is 2.88. The van der Waals surface area contributed by atoms with Crippen molar-refractivity contribution in [2.45, 2.75) is 13.3 Å². The van der Waals surface area contributed by atoms with Gasteiger partial charge in [0.15, 0.2) is 6.29 Å². The lowest BCUT2D eigenvalue weighted by molar-refractivity contribution is 0.109. The Kier molecular flexibility index (Phi) is 2.21. The van der Waals surface area contributed by atoms with Crippen LogP contribution in [0.3, 0.4) is 0 Å². The standard InChI is InChI=1S/C6H6BrNO2/c1-2-4-6(7)5(3-9)10-8-4/h3H,2H2,1H3. The zero-order valence-electron chi connectivity index (χ0n) is 5.43. The van der Waals surface area contributed by atoms with Crippen LogP contribution in [0.5, 0.6) is 0 Å². The molecule has 0 amide bonds. The van der Waals surface area contributed by atoms with Gasteiger partial charge in [-0.05, 0) is 22.4 Å². The Labute approximate surface area is 66.5 Å². The molecule has 0 saturated carbocycles. The number of hydrogen-bond acceptors (Lipinski definition) is 3. The molecule has 0 N–H and O–H groups in total. The molecule has 0 fully saturated rings. The molecule has 1 aromatic heterocycles. The number of aldehydes is 1. The average molecular weight is 204 g/mol. The Hall–Kier alpha value is -0.640. The summed E-state index contributed by atoms with van der Waals surface area (Å²) in [6.07, 6.45) is 1.40. The van der Waals surface area contributed by atoms with Gasteiger partial charge in [-0.25, -0.2) is 0 Å². The molecule has 0 spiro atoms. The topological polar surface area (TPSA) is 43.1 Å². The number of halogens is 1. The van der Waals surface area contributed by atoms with E-state index in [2.05, 4.69) is 25.6 Å². The van der Waals surface area contributed by atoms with Gasteiger partial charge in [0.1, 0.15) is 0 Å². The second kappa shape index (κ2) is 2.96. The summed E-state index contributed by atoms with van der Waals surface area (Å²) in [7, 11) is 0. The number of hydrogen-bond donors (Lipinski definition) is 0. The summed E-state index contributed by atoms with van der Waals surface area (Å²) in [5.74, 6) is 0.261. The highest BCUT2D eigenvalue weighted by molar-refractivity contribution is 9.10. The lowest BCUT2D eigenvalue weighted by atomic mass is 10.3. The molecule has 1 aromatic rings. The van der Waals surface area contributed by atoms with Gasteiger partial charge in [0.25, 0.3) is 0 Å². The molecule has 0 atom stereocenters. The van der Waals surface area contributed by atoms with E-state index in [1.54, 1.807) is 0 Å². The van der Waals surface area contributed by atoms with Crippen molar-refractivity contribution >= 4 is 22.2 Å². The number of nitrogens with zero attached hydrogens (tertiary/aromatic N) is 1. The Morgan fingerprint density at radius 1 is 1.80 bits per heavy atom. The highest BCUT2D eigenvalue weighted by atomic mass is 79.9. The van der Waals surface area contributed by atoms with E-state index < -0.39 is 0 Å². The number of aromatic nitrogens is 1. The van der Waals surface area contributed by atoms with E-state index in [0.29, 0.717) is 10.8 Å². The molecular formula is C6H6BrNO2. The fraction of sp³-hybridized carbons (Fsp3) is 0.333. The molecule has 1 heterocycles. The fourth-order valence-electron chi connectivity index (χ4n) is 0.620. The number of aryl methyl sites for hydroxylation is 1. The van der Waals surface area contributed by atoms with Gasteiger partial charge in [-0.1, -0.05) is 12.1 Å². The number of rotatable bonds is 2. The third-order valence-electron chi connectivity index (χ3n) is 1.17. The van der Waals surface area contributed by atoms with Crippen LogP contribution in [-0.4, -0.2) is 11.4 Å². The average Bonchev–Trinajstić information content (AvgIpc) is 2.30. The minimum absolute atomic E-state index is 0.261. The van der Waals surface area contributed by atoms with Gasteiger partial charge in [-0.2, -0.15) is 0 Å². The summed E-state index contributed by atoms with van der Waals surface area (Å²) in [5, 5.41) is 3.65. The molecular weight excluding hydrogens is 198 g/mol.